The van der Waals surface area contributed by atoms with Crippen LogP contribution in [0.2, 0.25) is 0 Å². The van der Waals surface area contributed by atoms with Gasteiger partial charge in [0, 0.05) is 16.8 Å². The van der Waals surface area contributed by atoms with E-state index in [1.165, 1.54) is 12.1 Å². The van der Waals surface area contributed by atoms with Crippen LogP contribution in [0.4, 0.5) is 10.1 Å². The lowest BCUT2D eigenvalue weighted by Crippen LogP contribution is -2.12. The standard InChI is InChI=1S/C23H19FN4O2/c1-2-30-21-13-9-19(10-14-21)26-23(29)17-5-11-20(12-6-17)28-22(15-25-27-28)16-3-7-18(24)8-4-16/h3-15H,2H2,1H3,(H,26,29). The van der Waals surface area contributed by atoms with E-state index < -0.39 is 0 Å². The SMILES string of the molecule is CCOc1ccc(NC(=O)c2ccc(-n3nncc3-c3ccc(F)cc3)cc2)cc1. The maximum absolute atomic E-state index is 13.2. The molecular weight excluding hydrogens is 383 g/mol. The summed E-state index contributed by atoms with van der Waals surface area (Å²) >= 11 is 0. The first kappa shape index (κ1) is 19.3. The minimum Gasteiger partial charge on any atom is -0.494 e. The number of carbonyl (C=O) groups is 1. The van der Waals surface area contributed by atoms with Crippen LogP contribution in [0.15, 0.2) is 79.0 Å². The Hall–Kier alpha value is -4.00. The van der Waals surface area contributed by atoms with Crippen LogP contribution in [0, 0.1) is 5.82 Å². The topological polar surface area (TPSA) is 69.0 Å². The molecule has 4 rings (SSSR count). The first-order valence-electron chi connectivity index (χ1n) is 9.45. The third-order valence-electron chi connectivity index (χ3n) is 4.49. The predicted molar refractivity (Wildman–Crippen MR) is 112 cm³/mol. The molecule has 0 aliphatic carbocycles. The van der Waals surface area contributed by atoms with Crippen LogP contribution in [0.25, 0.3) is 16.9 Å². The molecule has 0 atom stereocenters. The summed E-state index contributed by atoms with van der Waals surface area (Å²) < 4.78 is 20.2. The Kier molecular flexibility index (Phi) is 5.52. The smallest absolute Gasteiger partial charge is 0.255 e. The van der Waals surface area contributed by atoms with Crippen LogP contribution in [-0.4, -0.2) is 27.5 Å². The summed E-state index contributed by atoms with van der Waals surface area (Å²) in [5, 5.41) is 10.9. The van der Waals surface area contributed by atoms with Gasteiger partial charge in [0.25, 0.3) is 5.91 Å². The Balaban J connectivity index is 1.50. The number of benzene rings is 3. The Morgan fingerprint density at radius 3 is 2.37 bits per heavy atom. The Labute approximate surface area is 172 Å². The average molecular weight is 402 g/mol. The van der Waals surface area contributed by atoms with Crippen molar-refractivity contribution in [2.45, 2.75) is 6.92 Å². The van der Waals surface area contributed by atoms with Gasteiger partial charge in [0.15, 0.2) is 0 Å². The number of amides is 1. The lowest BCUT2D eigenvalue weighted by molar-refractivity contribution is 0.102. The number of aromatic nitrogens is 3. The van der Waals surface area contributed by atoms with Gasteiger partial charge in [-0.05, 0) is 79.7 Å². The number of ether oxygens (including phenoxy) is 1. The van der Waals surface area contributed by atoms with Gasteiger partial charge in [-0.3, -0.25) is 4.79 Å². The molecule has 150 valence electrons. The highest BCUT2D eigenvalue weighted by molar-refractivity contribution is 6.04. The summed E-state index contributed by atoms with van der Waals surface area (Å²) in [4.78, 5) is 12.5. The fraction of sp³-hybridized carbons (Fsp3) is 0.0870. The molecule has 0 bridgehead atoms. The largest absolute Gasteiger partial charge is 0.494 e. The Morgan fingerprint density at radius 1 is 1.00 bits per heavy atom. The number of halogens is 1. The zero-order valence-corrected chi connectivity index (χ0v) is 16.2. The zero-order chi connectivity index (χ0) is 20.9. The van der Waals surface area contributed by atoms with Crippen molar-refractivity contribution >= 4 is 11.6 Å². The van der Waals surface area contributed by atoms with Crippen LogP contribution in [0.1, 0.15) is 17.3 Å². The first-order valence-corrected chi connectivity index (χ1v) is 9.45. The van der Waals surface area contributed by atoms with Gasteiger partial charge in [0.05, 0.1) is 24.2 Å². The zero-order valence-electron chi connectivity index (χ0n) is 16.2. The van der Waals surface area contributed by atoms with Crippen LogP contribution in [-0.2, 0) is 0 Å². The van der Waals surface area contributed by atoms with E-state index in [4.69, 9.17) is 4.74 Å². The van der Waals surface area contributed by atoms with Crippen LogP contribution >= 0.6 is 0 Å². The molecule has 30 heavy (non-hydrogen) atoms. The summed E-state index contributed by atoms with van der Waals surface area (Å²) in [6, 6.07) is 20.3. The molecule has 1 N–H and O–H groups in total. The number of anilines is 1. The molecule has 0 aliphatic rings. The molecule has 0 spiro atoms. The molecule has 0 saturated heterocycles. The number of carbonyl (C=O) groups excluding carboxylic acids is 1. The van der Waals surface area contributed by atoms with Gasteiger partial charge in [0.2, 0.25) is 0 Å². The third-order valence-corrected chi connectivity index (χ3v) is 4.49. The Morgan fingerprint density at radius 2 is 1.70 bits per heavy atom. The minimum absolute atomic E-state index is 0.219. The summed E-state index contributed by atoms with van der Waals surface area (Å²) in [5.74, 6) is 0.230. The monoisotopic (exact) mass is 402 g/mol. The van der Waals surface area contributed by atoms with E-state index in [-0.39, 0.29) is 11.7 Å². The number of nitrogens with one attached hydrogen (secondary N) is 1. The predicted octanol–water partition coefficient (Wildman–Crippen LogP) is 4.72. The molecule has 1 heterocycles. The van der Waals surface area contributed by atoms with Gasteiger partial charge in [-0.25, -0.2) is 9.07 Å². The van der Waals surface area contributed by atoms with Gasteiger partial charge in [-0.15, -0.1) is 5.10 Å². The molecular formula is C23H19FN4O2. The van der Waals surface area contributed by atoms with Crippen LogP contribution in [0.5, 0.6) is 5.75 Å². The molecule has 0 saturated carbocycles. The van der Waals surface area contributed by atoms with Gasteiger partial charge in [-0.2, -0.15) is 0 Å². The number of hydrogen-bond acceptors (Lipinski definition) is 4. The second-order valence-electron chi connectivity index (χ2n) is 6.50. The van der Waals surface area contributed by atoms with Crippen molar-refractivity contribution in [3.8, 4) is 22.7 Å². The van der Waals surface area contributed by atoms with E-state index >= 15 is 0 Å². The second kappa shape index (κ2) is 8.57. The van der Waals surface area contributed by atoms with Crippen molar-refractivity contribution in [1.82, 2.24) is 15.0 Å². The van der Waals surface area contributed by atoms with Gasteiger partial charge in [0.1, 0.15) is 11.6 Å². The second-order valence-corrected chi connectivity index (χ2v) is 6.50. The first-order chi connectivity index (χ1) is 14.6. The van der Waals surface area contributed by atoms with E-state index in [1.807, 2.05) is 19.1 Å². The van der Waals surface area contributed by atoms with E-state index in [0.29, 0.717) is 17.9 Å². The average Bonchev–Trinajstić information content (AvgIpc) is 3.26. The lowest BCUT2D eigenvalue weighted by Gasteiger charge is -2.09. The summed E-state index contributed by atoms with van der Waals surface area (Å²) in [5.41, 5.74) is 3.45. The fourth-order valence-electron chi connectivity index (χ4n) is 3.00. The molecule has 1 aromatic heterocycles. The van der Waals surface area contributed by atoms with Gasteiger partial charge < -0.3 is 10.1 Å². The molecule has 1 amide bonds. The number of nitrogens with zero attached hydrogens (tertiary/aromatic N) is 3. The minimum atomic E-state index is -0.305. The summed E-state index contributed by atoms with van der Waals surface area (Å²) in [6.07, 6.45) is 1.61. The molecule has 0 unspecified atom stereocenters. The maximum Gasteiger partial charge on any atom is 0.255 e. The fourth-order valence-corrected chi connectivity index (χ4v) is 3.00. The molecule has 0 radical (unpaired) electrons. The van der Waals surface area contributed by atoms with Crippen molar-refractivity contribution in [2.75, 3.05) is 11.9 Å². The van der Waals surface area contributed by atoms with E-state index in [2.05, 4.69) is 15.6 Å². The third kappa shape index (κ3) is 4.20. The number of hydrogen-bond donors (Lipinski definition) is 1. The van der Waals surface area contributed by atoms with Crippen LogP contribution in [0.3, 0.4) is 0 Å². The maximum atomic E-state index is 13.2. The van der Waals surface area contributed by atoms with Gasteiger partial charge >= 0.3 is 0 Å². The molecule has 0 fully saturated rings. The van der Waals surface area contributed by atoms with Crippen LogP contribution < -0.4 is 10.1 Å². The van der Waals surface area contributed by atoms with Crippen molar-refractivity contribution in [1.29, 1.82) is 0 Å². The highest BCUT2D eigenvalue weighted by Crippen LogP contribution is 2.22. The molecule has 6 nitrogen and oxygen atoms in total. The summed E-state index contributed by atoms with van der Waals surface area (Å²) in [7, 11) is 0. The van der Waals surface area contributed by atoms with E-state index in [0.717, 1.165) is 22.7 Å². The van der Waals surface area contributed by atoms with Gasteiger partial charge in [-0.1, -0.05) is 5.21 Å². The van der Waals surface area contributed by atoms with E-state index in [1.54, 1.807) is 59.4 Å². The quantitative estimate of drug-likeness (QED) is 0.506. The van der Waals surface area contributed by atoms with Crippen molar-refractivity contribution in [3.05, 3.63) is 90.4 Å². The van der Waals surface area contributed by atoms with Crippen molar-refractivity contribution in [3.63, 3.8) is 0 Å². The number of rotatable bonds is 6. The molecule has 0 aliphatic heterocycles. The Bertz CT molecular complexity index is 1140. The normalized spacial score (nSPS) is 10.6. The van der Waals surface area contributed by atoms with Crippen molar-refractivity contribution < 1.29 is 13.9 Å². The lowest BCUT2D eigenvalue weighted by atomic mass is 10.1. The van der Waals surface area contributed by atoms with E-state index in [9.17, 15) is 9.18 Å². The summed E-state index contributed by atoms with van der Waals surface area (Å²) in [6.45, 7) is 2.51. The highest BCUT2D eigenvalue weighted by atomic mass is 19.1. The molecule has 7 heteroatoms. The molecule has 3 aromatic carbocycles. The highest BCUT2D eigenvalue weighted by Gasteiger charge is 2.11. The molecule has 4 aromatic rings. The van der Waals surface area contributed by atoms with Crippen molar-refractivity contribution in [2.24, 2.45) is 0 Å².